The second-order valence-corrected chi connectivity index (χ2v) is 5.69. The molecule has 0 saturated heterocycles. The van der Waals surface area contributed by atoms with Crippen molar-refractivity contribution in [3.05, 3.63) is 51.8 Å². The van der Waals surface area contributed by atoms with E-state index in [2.05, 4.69) is 17.3 Å². The Morgan fingerprint density at radius 3 is 2.65 bits per heavy atom. The first kappa shape index (κ1) is 15.4. The van der Waals surface area contributed by atoms with E-state index in [1.807, 2.05) is 42.2 Å². The molecule has 0 radical (unpaired) electrons. The molecule has 0 aliphatic heterocycles. The van der Waals surface area contributed by atoms with Crippen molar-refractivity contribution in [2.24, 2.45) is 7.05 Å². The van der Waals surface area contributed by atoms with Gasteiger partial charge in [0.1, 0.15) is 0 Å². The maximum atomic E-state index is 6.08. The predicted molar refractivity (Wildman–Crippen MR) is 84.4 cm³/mol. The summed E-state index contributed by atoms with van der Waals surface area (Å²) >= 11 is 12.0. The van der Waals surface area contributed by atoms with Crippen LogP contribution < -0.4 is 5.32 Å². The van der Waals surface area contributed by atoms with Crippen LogP contribution in [0.5, 0.6) is 0 Å². The molecule has 1 aromatic heterocycles. The van der Waals surface area contributed by atoms with Gasteiger partial charge in [0.05, 0.1) is 21.8 Å². The van der Waals surface area contributed by atoms with Gasteiger partial charge in [-0.15, -0.1) is 0 Å². The average Bonchev–Trinajstić information content (AvgIpc) is 2.85. The number of aromatic nitrogens is 2. The molecule has 0 aliphatic carbocycles. The van der Waals surface area contributed by atoms with Gasteiger partial charge in [0.25, 0.3) is 0 Å². The van der Waals surface area contributed by atoms with Crippen LogP contribution in [0, 0.1) is 0 Å². The maximum absolute atomic E-state index is 6.08. The van der Waals surface area contributed by atoms with E-state index in [4.69, 9.17) is 23.2 Å². The largest absolute Gasteiger partial charge is 0.308 e. The van der Waals surface area contributed by atoms with Crippen molar-refractivity contribution in [3.8, 4) is 0 Å². The summed E-state index contributed by atoms with van der Waals surface area (Å²) < 4.78 is 1.82. The molecule has 0 amide bonds. The highest BCUT2D eigenvalue weighted by atomic mass is 35.5. The lowest BCUT2D eigenvalue weighted by atomic mass is 10.0. The van der Waals surface area contributed by atoms with Crippen LogP contribution in [0.25, 0.3) is 0 Å². The van der Waals surface area contributed by atoms with Gasteiger partial charge < -0.3 is 5.32 Å². The van der Waals surface area contributed by atoms with Crippen molar-refractivity contribution >= 4 is 23.2 Å². The molecule has 1 N–H and O–H groups in total. The van der Waals surface area contributed by atoms with Crippen LogP contribution in [0.15, 0.2) is 30.5 Å². The number of aryl methyl sites for hydroxylation is 1. The summed E-state index contributed by atoms with van der Waals surface area (Å²) in [6.45, 7) is 3.12. The van der Waals surface area contributed by atoms with E-state index in [9.17, 15) is 0 Å². The molecule has 0 bridgehead atoms. The van der Waals surface area contributed by atoms with Gasteiger partial charge in [0, 0.05) is 13.2 Å². The molecular weight excluding hydrogens is 293 g/mol. The van der Waals surface area contributed by atoms with E-state index in [1.165, 1.54) is 0 Å². The van der Waals surface area contributed by atoms with E-state index in [1.54, 1.807) is 0 Å². The monoisotopic (exact) mass is 311 g/mol. The Hall–Kier alpha value is -1.03. The molecule has 0 spiro atoms. The number of benzene rings is 1. The number of rotatable bonds is 6. The molecule has 1 aromatic carbocycles. The predicted octanol–water partition coefficient (Wildman–Crippen LogP) is 4.01. The Morgan fingerprint density at radius 1 is 1.25 bits per heavy atom. The Kier molecular flexibility index (Phi) is 5.46. The van der Waals surface area contributed by atoms with Gasteiger partial charge in [-0.1, -0.05) is 36.2 Å². The summed E-state index contributed by atoms with van der Waals surface area (Å²) in [4.78, 5) is 0. The minimum absolute atomic E-state index is 0.188. The standard InChI is InChI=1S/C15H19Cl2N3/c1-3-7-18-15(14-6-8-20(2)19-14)10-11-4-5-12(16)13(17)9-11/h4-6,8-9,15,18H,3,7,10H2,1-2H3. The molecule has 5 heteroatoms. The third-order valence-electron chi connectivity index (χ3n) is 3.16. The molecule has 2 aromatic rings. The minimum Gasteiger partial charge on any atom is -0.308 e. The second-order valence-electron chi connectivity index (χ2n) is 4.87. The van der Waals surface area contributed by atoms with Crippen LogP contribution >= 0.6 is 23.2 Å². The SMILES string of the molecule is CCCNC(Cc1ccc(Cl)c(Cl)c1)c1ccn(C)n1. The van der Waals surface area contributed by atoms with Crippen LogP contribution in [0.1, 0.15) is 30.6 Å². The minimum atomic E-state index is 0.188. The highest BCUT2D eigenvalue weighted by Gasteiger charge is 2.14. The van der Waals surface area contributed by atoms with Gasteiger partial charge in [-0.25, -0.2) is 0 Å². The van der Waals surface area contributed by atoms with E-state index >= 15 is 0 Å². The zero-order valence-corrected chi connectivity index (χ0v) is 13.2. The van der Waals surface area contributed by atoms with Gasteiger partial charge in [-0.3, -0.25) is 4.68 Å². The highest BCUT2D eigenvalue weighted by Crippen LogP contribution is 2.25. The molecule has 1 heterocycles. The summed E-state index contributed by atoms with van der Waals surface area (Å²) in [6, 6.07) is 8.01. The van der Waals surface area contributed by atoms with E-state index in [-0.39, 0.29) is 6.04 Å². The van der Waals surface area contributed by atoms with Crippen molar-refractivity contribution in [1.29, 1.82) is 0 Å². The lowest BCUT2D eigenvalue weighted by Gasteiger charge is -2.17. The molecule has 0 aliphatic rings. The highest BCUT2D eigenvalue weighted by molar-refractivity contribution is 6.42. The van der Waals surface area contributed by atoms with Crippen molar-refractivity contribution in [2.45, 2.75) is 25.8 Å². The van der Waals surface area contributed by atoms with E-state index in [0.29, 0.717) is 10.0 Å². The topological polar surface area (TPSA) is 29.9 Å². The number of hydrogen-bond acceptors (Lipinski definition) is 2. The zero-order valence-electron chi connectivity index (χ0n) is 11.7. The van der Waals surface area contributed by atoms with E-state index < -0.39 is 0 Å². The third-order valence-corrected chi connectivity index (χ3v) is 3.89. The fraction of sp³-hybridized carbons (Fsp3) is 0.400. The number of halogens is 2. The third kappa shape index (κ3) is 3.98. The first-order valence-corrected chi connectivity index (χ1v) is 7.52. The normalized spacial score (nSPS) is 12.6. The molecule has 108 valence electrons. The molecule has 2 rings (SSSR count). The summed E-state index contributed by atoms with van der Waals surface area (Å²) in [7, 11) is 1.93. The fourth-order valence-electron chi connectivity index (χ4n) is 2.12. The van der Waals surface area contributed by atoms with Gasteiger partial charge in [0.2, 0.25) is 0 Å². The Morgan fingerprint density at radius 2 is 2.05 bits per heavy atom. The molecule has 3 nitrogen and oxygen atoms in total. The number of nitrogens with zero attached hydrogens (tertiary/aromatic N) is 2. The van der Waals surface area contributed by atoms with Gasteiger partial charge in [-0.2, -0.15) is 5.10 Å². The number of hydrogen-bond donors (Lipinski definition) is 1. The molecule has 20 heavy (non-hydrogen) atoms. The van der Waals surface area contributed by atoms with Gasteiger partial charge >= 0.3 is 0 Å². The molecule has 1 unspecified atom stereocenters. The van der Waals surface area contributed by atoms with Crippen molar-refractivity contribution in [1.82, 2.24) is 15.1 Å². The lowest BCUT2D eigenvalue weighted by Crippen LogP contribution is -2.24. The molecule has 1 atom stereocenters. The lowest BCUT2D eigenvalue weighted by molar-refractivity contribution is 0.511. The summed E-state index contributed by atoms with van der Waals surface area (Å²) in [5.41, 5.74) is 2.20. The Bertz CT molecular complexity index is 566. The van der Waals surface area contributed by atoms with Crippen LogP contribution in [-0.2, 0) is 13.5 Å². The summed E-state index contributed by atoms with van der Waals surface area (Å²) in [5.74, 6) is 0. The van der Waals surface area contributed by atoms with Crippen molar-refractivity contribution < 1.29 is 0 Å². The quantitative estimate of drug-likeness (QED) is 0.873. The molecule has 0 fully saturated rings. The van der Waals surface area contributed by atoms with Crippen LogP contribution in [0.3, 0.4) is 0 Å². The average molecular weight is 312 g/mol. The first-order chi connectivity index (χ1) is 9.60. The number of nitrogens with one attached hydrogen (secondary N) is 1. The van der Waals surface area contributed by atoms with Gasteiger partial charge in [-0.05, 0) is 43.1 Å². The fourth-order valence-corrected chi connectivity index (χ4v) is 2.44. The van der Waals surface area contributed by atoms with Crippen LogP contribution in [0.2, 0.25) is 10.0 Å². The van der Waals surface area contributed by atoms with E-state index in [0.717, 1.165) is 30.6 Å². The Balaban J connectivity index is 2.16. The molecule has 0 saturated carbocycles. The molecular formula is C15H19Cl2N3. The smallest absolute Gasteiger partial charge is 0.0797 e. The van der Waals surface area contributed by atoms with Crippen LogP contribution in [0.4, 0.5) is 0 Å². The summed E-state index contributed by atoms with van der Waals surface area (Å²) in [5, 5.41) is 9.21. The van der Waals surface area contributed by atoms with Gasteiger partial charge in [0.15, 0.2) is 0 Å². The van der Waals surface area contributed by atoms with Crippen molar-refractivity contribution in [3.63, 3.8) is 0 Å². The maximum Gasteiger partial charge on any atom is 0.0797 e. The van der Waals surface area contributed by atoms with Crippen molar-refractivity contribution in [2.75, 3.05) is 6.54 Å². The van der Waals surface area contributed by atoms with Crippen LogP contribution in [-0.4, -0.2) is 16.3 Å². The Labute approximate surface area is 129 Å². The summed E-state index contributed by atoms with van der Waals surface area (Å²) in [6.07, 6.45) is 3.89. The zero-order chi connectivity index (χ0) is 14.5. The second kappa shape index (κ2) is 7.11. The first-order valence-electron chi connectivity index (χ1n) is 6.77.